The van der Waals surface area contributed by atoms with Crippen LogP contribution in [0.5, 0.6) is 0 Å². The Morgan fingerprint density at radius 2 is 2.29 bits per heavy atom. The summed E-state index contributed by atoms with van der Waals surface area (Å²) in [7, 11) is 0. The molecule has 1 saturated heterocycles. The number of nitrogens with zero attached hydrogens (tertiary/aromatic N) is 1. The quantitative estimate of drug-likeness (QED) is 0.700. The fourth-order valence-electron chi connectivity index (χ4n) is 1.75. The summed E-state index contributed by atoms with van der Waals surface area (Å²) in [5, 5.41) is 8.83. The fourth-order valence-corrected chi connectivity index (χ4v) is 1.75. The van der Waals surface area contributed by atoms with Crippen LogP contribution in [0.15, 0.2) is 23.0 Å². The van der Waals surface area contributed by atoms with Gasteiger partial charge in [0, 0.05) is 43.9 Å². The van der Waals surface area contributed by atoms with Crippen molar-refractivity contribution in [1.82, 2.24) is 9.88 Å². The Labute approximate surface area is 82.2 Å². The lowest BCUT2D eigenvalue weighted by atomic mass is 10.0. The topological polar surface area (TPSA) is 56.3 Å². The summed E-state index contributed by atoms with van der Waals surface area (Å²) in [6, 6.07) is 5.18. The molecule has 1 aromatic heterocycles. The first-order chi connectivity index (χ1) is 6.78. The van der Waals surface area contributed by atoms with Crippen LogP contribution in [-0.2, 0) is 6.54 Å². The highest BCUT2D eigenvalue weighted by atomic mass is 16.3. The Hall–Kier alpha value is -1.13. The lowest BCUT2D eigenvalue weighted by molar-refractivity contribution is 0.0469. The van der Waals surface area contributed by atoms with Crippen LogP contribution in [0.1, 0.15) is 5.69 Å². The van der Waals surface area contributed by atoms with Crippen molar-refractivity contribution in [2.24, 2.45) is 5.92 Å². The number of aromatic nitrogens is 1. The SMILES string of the molecule is O=c1cccc(CN2CC(CO)C2)[nH]1. The number of aliphatic hydroxyl groups is 1. The number of hydrogen-bond donors (Lipinski definition) is 2. The van der Waals surface area contributed by atoms with Crippen LogP contribution < -0.4 is 5.56 Å². The van der Waals surface area contributed by atoms with Crippen molar-refractivity contribution in [2.45, 2.75) is 6.54 Å². The molecule has 0 unspecified atom stereocenters. The maximum Gasteiger partial charge on any atom is 0.248 e. The van der Waals surface area contributed by atoms with Crippen LogP contribution in [0.3, 0.4) is 0 Å². The zero-order valence-electron chi connectivity index (χ0n) is 7.94. The van der Waals surface area contributed by atoms with E-state index in [4.69, 9.17) is 5.11 Å². The van der Waals surface area contributed by atoms with Crippen molar-refractivity contribution in [3.05, 3.63) is 34.2 Å². The lowest BCUT2D eigenvalue weighted by Crippen LogP contribution is -2.47. The summed E-state index contributed by atoms with van der Waals surface area (Å²) >= 11 is 0. The molecule has 0 radical (unpaired) electrons. The predicted molar refractivity (Wildman–Crippen MR) is 52.9 cm³/mol. The van der Waals surface area contributed by atoms with E-state index in [2.05, 4.69) is 9.88 Å². The Balaban J connectivity index is 1.90. The van der Waals surface area contributed by atoms with Gasteiger partial charge in [0.25, 0.3) is 0 Å². The summed E-state index contributed by atoms with van der Waals surface area (Å²) in [4.78, 5) is 16.0. The van der Waals surface area contributed by atoms with Gasteiger partial charge in [-0.2, -0.15) is 0 Å². The third kappa shape index (κ3) is 2.02. The highest BCUT2D eigenvalue weighted by molar-refractivity contribution is 5.04. The Morgan fingerprint density at radius 1 is 1.50 bits per heavy atom. The number of likely N-dealkylation sites (tertiary alicyclic amines) is 1. The van der Waals surface area contributed by atoms with Crippen LogP contribution in [-0.4, -0.2) is 34.7 Å². The van der Waals surface area contributed by atoms with E-state index in [0.29, 0.717) is 5.92 Å². The number of nitrogens with one attached hydrogen (secondary N) is 1. The van der Waals surface area contributed by atoms with Gasteiger partial charge in [0.1, 0.15) is 0 Å². The molecule has 0 spiro atoms. The summed E-state index contributed by atoms with van der Waals surface area (Å²) in [5.41, 5.74) is 0.885. The molecule has 4 heteroatoms. The zero-order valence-corrected chi connectivity index (χ0v) is 7.94. The van der Waals surface area contributed by atoms with Gasteiger partial charge in [-0.25, -0.2) is 0 Å². The molecule has 1 aliphatic rings. The van der Waals surface area contributed by atoms with Gasteiger partial charge >= 0.3 is 0 Å². The minimum atomic E-state index is -0.0540. The smallest absolute Gasteiger partial charge is 0.248 e. The largest absolute Gasteiger partial charge is 0.396 e. The van der Waals surface area contributed by atoms with E-state index in [1.807, 2.05) is 6.07 Å². The summed E-state index contributed by atoms with van der Waals surface area (Å²) in [6.07, 6.45) is 0. The average Bonchev–Trinajstić information content (AvgIpc) is 2.10. The third-order valence-corrected chi connectivity index (χ3v) is 2.51. The molecule has 1 aliphatic heterocycles. The molecule has 0 bridgehead atoms. The minimum absolute atomic E-state index is 0.0540. The number of rotatable bonds is 3. The van der Waals surface area contributed by atoms with Crippen molar-refractivity contribution in [3.8, 4) is 0 Å². The number of aliphatic hydroxyl groups excluding tert-OH is 1. The van der Waals surface area contributed by atoms with Gasteiger partial charge in [0.2, 0.25) is 5.56 Å². The fraction of sp³-hybridized carbons (Fsp3) is 0.500. The van der Waals surface area contributed by atoms with Gasteiger partial charge in [-0.15, -0.1) is 0 Å². The van der Waals surface area contributed by atoms with Gasteiger partial charge in [-0.3, -0.25) is 9.69 Å². The van der Waals surface area contributed by atoms with Gasteiger partial charge in [0.15, 0.2) is 0 Å². The molecular formula is C10H14N2O2. The van der Waals surface area contributed by atoms with Gasteiger partial charge < -0.3 is 10.1 Å². The Morgan fingerprint density at radius 3 is 2.93 bits per heavy atom. The maximum atomic E-state index is 11.0. The molecule has 1 aromatic rings. The van der Waals surface area contributed by atoms with Crippen molar-refractivity contribution < 1.29 is 5.11 Å². The molecule has 0 aromatic carbocycles. The van der Waals surface area contributed by atoms with E-state index < -0.39 is 0 Å². The number of hydrogen-bond acceptors (Lipinski definition) is 3. The highest BCUT2D eigenvalue weighted by Gasteiger charge is 2.25. The zero-order chi connectivity index (χ0) is 9.97. The van der Waals surface area contributed by atoms with Crippen molar-refractivity contribution in [1.29, 1.82) is 0 Å². The molecule has 2 rings (SSSR count). The van der Waals surface area contributed by atoms with Crippen molar-refractivity contribution >= 4 is 0 Å². The second kappa shape index (κ2) is 3.94. The Kier molecular flexibility index (Phi) is 2.65. The summed E-state index contributed by atoms with van der Waals surface area (Å²) in [6.45, 7) is 2.88. The van der Waals surface area contributed by atoms with Crippen LogP contribution in [0, 0.1) is 5.92 Å². The molecule has 0 amide bonds. The molecule has 4 nitrogen and oxygen atoms in total. The monoisotopic (exact) mass is 194 g/mol. The van der Waals surface area contributed by atoms with Crippen LogP contribution in [0.25, 0.3) is 0 Å². The van der Waals surface area contributed by atoms with E-state index in [1.54, 1.807) is 6.07 Å². The predicted octanol–water partition coefficient (Wildman–Crippen LogP) is -0.201. The molecule has 1 fully saturated rings. The molecule has 2 heterocycles. The molecule has 76 valence electrons. The molecular weight excluding hydrogens is 180 g/mol. The number of pyridine rings is 1. The van der Waals surface area contributed by atoms with Crippen LogP contribution in [0.2, 0.25) is 0 Å². The van der Waals surface area contributed by atoms with Gasteiger partial charge in [0.05, 0.1) is 0 Å². The van der Waals surface area contributed by atoms with Gasteiger partial charge in [-0.05, 0) is 6.07 Å². The summed E-state index contributed by atoms with van der Waals surface area (Å²) < 4.78 is 0. The van der Waals surface area contributed by atoms with Crippen molar-refractivity contribution in [3.63, 3.8) is 0 Å². The standard InChI is InChI=1S/C10H14N2O2/c13-7-8-4-12(5-8)6-9-2-1-3-10(14)11-9/h1-3,8,13H,4-7H2,(H,11,14). The van der Waals surface area contributed by atoms with E-state index in [1.165, 1.54) is 6.07 Å². The second-order valence-electron chi connectivity index (χ2n) is 3.78. The first-order valence-electron chi connectivity index (χ1n) is 4.79. The molecule has 0 aliphatic carbocycles. The first-order valence-corrected chi connectivity index (χ1v) is 4.79. The highest BCUT2D eigenvalue weighted by Crippen LogP contribution is 2.16. The van der Waals surface area contributed by atoms with E-state index >= 15 is 0 Å². The number of aromatic amines is 1. The molecule has 0 saturated carbocycles. The van der Waals surface area contributed by atoms with E-state index in [0.717, 1.165) is 25.3 Å². The van der Waals surface area contributed by atoms with E-state index in [-0.39, 0.29) is 12.2 Å². The van der Waals surface area contributed by atoms with Crippen LogP contribution in [0.4, 0.5) is 0 Å². The van der Waals surface area contributed by atoms with E-state index in [9.17, 15) is 4.79 Å². The van der Waals surface area contributed by atoms with Crippen molar-refractivity contribution in [2.75, 3.05) is 19.7 Å². The number of H-pyrrole nitrogens is 1. The lowest BCUT2D eigenvalue weighted by Gasteiger charge is -2.38. The first kappa shape index (κ1) is 9.43. The Bertz CT molecular complexity index is 355. The van der Waals surface area contributed by atoms with Gasteiger partial charge in [-0.1, -0.05) is 6.07 Å². The molecule has 2 N–H and O–H groups in total. The average molecular weight is 194 g/mol. The summed E-state index contributed by atoms with van der Waals surface area (Å²) in [5.74, 6) is 0.422. The molecule has 0 atom stereocenters. The normalized spacial score (nSPS) is 18.1. The molecule has 14 heavy (non-hydrogen) atoms. The third-order valence-electron chi connectivity index (χ3n) is 2.51. The second-order valence-corrected chi connectivity index (χ2v) is 3.78. The minimum Gasteiger partial charge on any atom is -0.396 e. The van der Waals surface area contributed by atoms with Crippen LogP contribution >= 0.6 is 0 Å². The maximum absolute atomic E-state index is 11.0.